The zero-order valence-electron chi connectivity index (χ0n) is 18.9. The number of benzene rings is 1. The van der Waals surface area contributed by atoms with Crippen LogP contribution in [0.15, 0.2) is 18.2 Å². The number of carbonyl (C=O) groups excluding carboxylic acids is 3. The molecular formula is C23H33BO7. The molecule has 170 valence electrons. The number of rotatable bonds is 10. The van der Waals surface area contributed by atoms with Crippen LogP contribution >= 0.6 is 0 Å². The van der Waals surface area contributed by atoms with Crippen molar-refractivity contribution in [1.82, 2.24) is 0 Å². The van der Waals surface area contributed by atoms with E-state index in [1.54, 1.807) is 32.9 Å². The summed E-state index contributed by atoms with van der Waals surface area (Å²) in [6.45, 7) is 6.72. The molecule has 1 aromatic carbocycles. The van der Waals surface area contributed by atoms with Crippen molar-refractivity contribution in [3.8, 4) is 5.75 Å². The smallest absolute Gasteiger partial charge is 0.526 e. The molecule has 0 radical (unpaired) electrons. The molecule has 0 spiro atoms. The van der Waals surface area contributed by atoms with E-state index in [0.29, 0.717) is 12.8 Å². The number of hydrogen-bond acceptors (Lipinski definition) is 7. The van der Waals surface area contributed by atoms with E-state index >= 15 is 0 Å². The molecule has 0 bridgehead atoms. The molecular weight excluding hydrogens is 399 g/mol. The van der Waals surface area contributed by atoms with Crippen molar-refractivity contribution in [2.45, 2.75) is 78.5 Å². The number of ether oxygens (including phenoxy) is 2. The van der Waals surface area contributed by atoms with Crippen LogP contribution < -0.4 is 4.65 Å². The summed E-state index contributed by atoms with van der Waals surface area (Å²) in [7, 11) is -1.18. The first-order valence-electron chi connectivity index (χ1n) is 11.0. The Morgan fingerprint density at radius 3 is 2.58 bits per heavy atom. The van der Waals surface area contributed by atoms with Crippen LogP contribution in [0.3, 0.4) is 0 Å². The fraction of sp³-hybridized carbons (Fsp3) is 0.609. The van der Waals surface area contributed by atoms with E-state index in [1.807, 2.05) is 0 Å². The average Bonchev–Trinajstić information content (AvgIpc) is 2.70. The highest BCUT2D eigenvalue weighted by atomic mass is 16.7. The Balaban J connectivity index is 1.96. The van der Waals surface area contributed by atoms with Gasteiger partial charge in [-0.25, -0.2) is 4.79 Å². The Bertz CT molecular complexity index is 785. The number of esters is 2. The van der Waals surface area contributed by atoms with Crippen LogP contribution in [0, 0.1) is 5.41 Å². The molecule has 8 heteroatoms. The lowest BCUT2D eigenvalue weighted by molar-refractivity contribution is -0.161. The van der Waals surface area contributed by atoms with E-state index in [2.05, 4.69) is 6.92 Å². The second-order valence-corrected chi connectivity index (χ2v) is 9.05. The molecule has 0 unspecified atom stereocenters. The lowest BCUT2D eigenvalue weighted by atomic mass is 9.64. The normalized spacial score (nSPS) is 15.6. The van der Waals surface area contributed by atoms with Crippen LogP contribution in [0.25, 0.3) is 0 Å². The third-order valence-electron chi connectivity index (χ3n) is 5.23. The number of hydrogen-bond donors (Lipinski definition) is 1. The van der Waals surface area contributed by atoms with Gasteiger partial charge in [-0.1, -0.05) is 38.3 Å². The molecule has 0 aliphatic carbocycles. The van der Waals surface area contributed by atoms with E-state index in [9.17, 15) is 19.4 Å². The zero-order valence-corrected chi connectivity index (χ0v) is 18.9. The molecule has 7 nitrogen and oxygen atoms in total. The van der Waals surface area contributed by atoms with Crippen LogP contribution in [-0.4, -0.2) is 36.7 Å². The highest BCUT2D eigenvalue weighted by Crippen LogP contribution is 2.36. The Hall–Kier alpha value is -2.35. The minimum Gasteiger partial charge on any atom is -0.535 e. The van der Waals surface area contributed by atoms with Gasteiger partial charge in [0, 0.05) is 18.7 Å². The van der Waals surface area contributed by atoms with Crippen LogP contribution in [0.4, 0.5) is 0 Å². The molecule has 0 amide bonds. The van der Waals surface area contributed by atoms with Gasteiger partial charge < -0.3 is 19.2 Å². The van der Waals surface area contributed by atoms with Crippen molar-refractivity contribution in [3.63, 3.8) is 0 Å². The largest absolute Gasteiger partial charge is 0.535 e. The first-order valence-corrected chi connectivity index (χ1v) is 11.0. The van der Waals surface area contributed by atoms with Crippen molar-refractivity contribution in [3.05, 3.63) is 29.3 Å². The highest BCUT2D eigenvalue weighted by molar-refractivity contribution is 6.47. The SMILES string of the molecule is CCCCCCC(=O)C[C@H]1Cc2cccc(C(=O)OCOC(=O)C(C)(C)C)c2OB1O. The van der Waals surface area contributed by atoms with Crippen molar-refractivity contribution in [1.29, 1.82) is 0 Å². The van der Waals surface area contributed by atoms with Crippen molar-refractivity contribution in [2.24, 2.45) is 5.41 Å². The summed E-state index contributed by atoms with van der Waals surface area (Å²) in [6, 6.07) is 5.02. The first kappa shape index (κ1) is 24.9. The van der Waals surface area contributed by atoms with Crippen LogP contribution in [0.1, 0.15) is 82.1 Å². The van der Waals surface area contributed by atoms with Crippen LogP contribution in [-0.2, 0) is 25.5 Å². The summed E-state index contributed by atoms with van der Waals surface area (Å²) in [5.41, 5.74) is 0.177. The average molecular weight is 432 g/mol. The van der Waals surface area contributed by atoms with E-state index in [1.165, 1.54) is 6.07 Å². The highest BCUT2D eigenvalue weighted by Gasteiger charge is 2.37. The second-order valence-electron chi connectivity index (χ2n) is 9.05. The van der Waals surface area contributed by atoms with Gasteiger partial charge >= 0.3 is 19.1 Å². The molecule has 1 aliphatic rings. The summed E-state index contributed by atoms with van der Waals surface area (Å²) < 4.78 is 15.6. The number of unbranched alkanes of at least 4 members (excludes halogenated alkanes) is 3. The minimum atomic E-state index is -1.18. The topological polar surface area (TPSA) is 99.1 Å². The standard InChI is InChI=1S/C23H33BO7/c1-5-6-7-8-11-18(25)14-17-13-16-10-9-12-19(20(16)31-24(17)28)21(26)29-15-30-22(27)23(2,3)4/h9-10,12,17,28H,5-8,11,13-15H2,1-4H3/t17-/m1/s1. The Morgan fingerprint density at radius 2 is 1.90 bits per heavy atom. The van der Waals surface area contributed by atoms with Gasteiger partial charge in [0.1, 0.15) is 17.1 Å². The Labute approximate surface area is 184 Å². The summed E-state index contributed by atoms with van der Waals surface area (Å²) in [4.78, 5) is 36.5. The Morgan fingerprint density at radius 1 is 1.16 bits per heavy atom. The molecule has 1 heterocycles. The summed E-state index contributed by atoms with van der Waals surface area (Å²) in [5, 5.41) is 10.4. The van der Waals surface area contributed by atoms with Crippen molar-refractivity contribution in [2.75, 3.05) is 6.79 Å². The van der Waals surface area contributed by atoms with Gasteiger partial charge in [-0.3, -0.25) is 9.59 Å². The van der Waals surface area contributed by atoms with Crippen molar-refractivity contribution >= 4 is 24.8 Å². The second kappa shape index (κ2) is 11.3. The summed E-state index contributed by atoms with van der Waals surface area (Å²) >= 11 is 0. The van der Waals surface area contributed by atoms with Gasteiger partial charge in [-0.2, -0.15) is 0 Å². The van der Waals surface area contributed by atoms with Gasteiger partial charge in [-0.05, 0) is 45.2 Å². The maximum atomic E-state index is 12.5. The van der Waals surface area contributed by atoms with E-state index in [4.69, 9.17) is 14.1 Å². The molecule has 0 saturated heterocycles. The van der Waals surface area contributed by atoms with Gasteiger partial charge in [-0.15, -0.1) is 0 Å². The predicted octanol–water partition coefficient (Wildman–Crippen LogP) is 4.11. The summed E-state index contributed by atoms with van der Waals surface area (Å²) in [6.07, 6.45) is 5.30. The summed E-state index contributed by atoms with van der Waals surface area (Å²) in [5.74, 6) is -1.19. The maximum Gasteiger partial charge on any atom is 0.526 e. The van der Waals surface area contributed by atoms with Crippen molar-refractivity contribution < 1.29 is 33.5 Å². The van der Waals surface area contributed by atoms with E-state index < -0.39 is 31.3 Å². The quantitative estimate of drug-likeness (QED) is 0.257. The van der Waals surface area contributed by atoms with Crippen LogP contribution in [0.5, 0.6) is 5.75 Å². The fourth-order valence-corrected chi connectivity index (χ4v) is 3.39. The lowest BCUT2D eigenvalue weighted by Gasteiger charge is -2.28. The van der Waals surface area contributed by atoms with E-state index in [-0.39, 0.29) is 29.3 Å². The first-order chi connectivity index (χ1) is 14.6. The monoisotopic (exact) mass is 432 g/mol. The third-order valence-corrected chi connectivity index (χ3v) is 5.23. The Kier molecular flexibility index (Phi) is 9.10. The molecule has 1 N–H and O–H groups in total. The molecule has 1 aromatic rings. The molecule has 1 aliphatic heterocycles. The molecule has 31 heavy (non-hydrogen) atoms. The number of fused-ring (bicyclic) bond motifs is 1. The van der Waals surface area contributed by atoms with Gasteiger partial charge in [0.15, 0.2) is 0 Å². The third kappa shape index (κ3) is 7.38. The number of Topliss-reactive ketones (excluding diaryl/α,β-unsaturated/α-hetero) is 1. The van der Waals surface area contributed by atoms with Gasteiger partial charge in [0.25, 0.3) is 0 Å². The van der Waals surface area contributed by atoms with E-state index in [0.717, 1.165) is 31.2 Å². The molecule has 1 atom stereocenters. The maximum absolute atomic E-state index is 12.5. The molecule has 0 fully saturated rings. The van der Waals surface area contributed by atoms with Gasteiger partial charge in [0.2, 0.25) is 6.79 Å². The number of carbonyl (C=O) groups is 3. The lowest BCUT2D eigenvalue weighted by Crippen LogP contribution is -2.36. The number of para-hydroxylation sites is 1. The fourth-order valence-electron chi connectivity index (χ4n) is 3.39. The minimum absolute atomic E-state index is 0.114. The van der Waals surface area contributed by atoms with Crippen LogP contribution in [0.2, 0.25) is 5.82 Å². The zero-order chi connectivity index (χ0) is 23.0. The number of ketones is 1. The molecule has 2 rings (SSSR count). The van der Waals surface area contributed by atoms with Gasteiger partial charge in [0.05, 0.1) is 5.41 Å². The molecule has 0 saturated carbocycles. The molecule has 0 aromatic heterocycles. The predicted molar refractivity (Wildman–Crippen MR) is 117 cm³/mol.